The van der Waals surface area contributed by atoms with Crippen LogP contribution in [0.1, 0.15) is 23.2 Å². The normalized spacial score (nSPS) is 10.4. The molecule has 4 N–H and O–H groups in total. The number of anilines is 1. The number of methoxy groups -OCH3 is 2. The molecular formula is C13H19NO6. The maximum Gasteiger partial charge on any atom is 0.340 e. The third kappa shape index (κ3) is 4.29. The summed E-state index contributed by atoms with van der Waals surface area (Å²) in [7, 11) is 2.70. The van der Waals surface area contributed by atoms with Gasteiger partial charge in [0, 0.05) is 18.6 Å². The first-order chi connectivity index (χ1) is 9.49. The van der Waals surface area contributed by atoms with Crippen LogP contribution in [0, 0.1) is 0 Å². The Hall–Kier alpha value is -1.99. The number of carbonyl (C=O) groups excluding carboxylic acids is 1. The van der Waals surface area contributed by atoms with Crippen LogP contribution in [0.3, 0.4) is 0 Å². The first-order valence-corrected chi connectivity index (χ1v) is 6.04. The first-order valence-electron chi connectivity index (χ1n) is 6.04. The molecule has 0 aliphatic heterocycles. The van der Waals surface area contributed by atoms with Crippen LogP contribution in [0.2, 0.25) is 0 Å². The average molecular weight is 285 g/mol. The van der Waals surface area contributed by atoms with E-state index in [-0.39, 0.29) is 24.3 Å². The number of nitrogen functional groups attached to an aromatic ring is 1. The molecule has 0 spiro atoms. The summed E-state index contributed by atoms with van der Waals surface area (Å²) in [6, 6.07) is 2.91. The van der Waals surface area contributed by atoms with Gasteiger partial charge in [0.2, 0.25) is 0 Å². The molecule has 0 fully saturated rings. The van der Waals surface area contributed by atoms with Gasteiger partial charge in [-0.2, -0.15) is 0 Å². The smallest absolute Gasteiger partial charge is 0.340 e. The molecule has 112 valence electrons. The number of ether oxygens (including phenoxy) is 3. The molecule has 0 aliphatic carbocycles. The van der Waals surface area contributed by atoms with Crippen LogP contribution in [0.15, 0.2) is 12.1 Å². The van der Waals surface area contributed by atoms with Crippen molar-refractivity contribution in [1.29, 1.82) is 0 Å². The number of hydrogen-bond donors (Lipinski definition) is 3. The molecular weight excluding hydrogens is 266 g/mol. The Morgan fingerprint density at radius 2 is 2.00 bits per heavy atom. The van der Waals surface area contributed by atoms with Crippen molar-refractivity contribution in [2.45, 2.75) is 19.1 Å². The molecule has 0 saturated carbocycles. The third-order valence-electron chi connectivity index (χ3n) is 2.61. The summed E-state index contributed by atoms with van der Waals surface area (Å²) < 4.78 is 15.2. The molecule has 1 rings (SSSR count). The van der Waals surface area contributed by atoms with E-state index in [4.69, 9.17) is 25.4 Å². The Bertz CT molecular complexity index is 460. The van der Waals surface area contributed by atoms with Crippen molar-refractivity contribution in [3.05, 3.63) is 17.7 Å². The van der Waals surface area contributed by atoms with Crippen molar-refractivity contribution in [3.8, 4) is 11.5 Å². The van der Waals surface area contributed by atoms with Crippen LogP contribution in [-0.2, 0) is 4.74 Å². The lowest BCUT2D eigenvalue weighted by Gasteiger charge is -2.13. The van der Waals surface area contributed by atoms with Gasteiger partial charge < -0.3 is 30.2 Å². The molecule has 1 aromatic carbocycles. The Kier molecular flexibility index (Phi) is 6.08. The average Bonchev–Trinajstić information content (AvgIpc) is 2.42. The van der Waals surface area contributed by atoms with Gasteiger partial charge in [-0.05, 0) is 6.42 Å². The van der Waals surface area contributed by atoms with Crippen molar-refractivity contribution in [3.63, 3.8) is 0 Å². The fourth-order valence-electron chi connectivity index (χ4n) is 1.58. The van der Waals surface area contributed by atoms with E-state index in [2.05, 4.69) is 4.74 Å². The Balaban J connectivity index is 2.81. The van der Waals surface area contributed by atoms with Gasteiger partial charge in [0.1, 0.15) is 0 Å². The number of hydrogen-bond acceptors (Lipinski definition) is 7. The summed E-state index contributed by atoms with van der Waals surface area (Å²) in [5, 5.41) is 17.4. The highest BCUT2D eigenvalue weighted by atomic mass is 16.5. The van der Waals surface area contributed by atoms with Gasteiger partial charge in [-0.15, -0.1) is 0 Å². The molecule has 1 aromatic rings. The molecule has 0 saturated heterocycles. The Morgan fingerprint density at radius 1 is 1.30 bits per heavy atom. The number of carbonyl (C=O) groups is 1. The van der Waals surface area contributed by atoms with Crippen LogP contribution in [0.5, 0.6) is 11.5 Å². The summed E-state index contributed by atoms with van der Waals surface area (Å²) in [5.41, 5.74) is 6.17. The number of esters is 1. The van der Waals surface area contributed by atoms with Gasteiger partial charge in [-0.25, -0.2) is 4.79 Å². The van der Waals surface area contributed by atoms with E-state index >= 15 is 0 Å². The highest BCUT2D eigenvalue weighted by Crippen LogP contribution is 2.32. The summed E-state index contributed by atoms with van der Waals surface area (Å²) in [6.07, 6.45) is -0.690. The zero-order valence-electron chi connectivity index (χ0n) is 11.5. The summed E-state index contributed by atoms with van der Waals surface area (Å²) >= 11 is 0. The standard InChI is InChI=1S/C13H19NO6/c1-18-10-6-8(13(17)19-2)9(14)7-11(10)20-5-3-4-12(15)16/h6-7,12,15-16H,3-5,14H2,1-2H3. The first kappa shape index (κ1) is 16.1. The minimum Gasteiger partial charge on any atom is -0.493 e. The number of aliphatic hydroxyl groups is 2. The van der Waals surface area contributed by atoms with Crippen molar-refractivity contribution in [1.82, 2.24) is 0 Å². The zero-order chi connectivity index (χ0) is 15.1. The third-order valence-corrected chi connectivity index (χ3v) is 2.61. The van der Waals surface area contributed by atoms with Gasteiger partial charge in [0.15, 0.2) is 17.8 Å². The predicted octanol–water partition coefficient (Wildman–Crippen LogP) is 0.534. The lowest BCUT2D eigenvalue weighted by Crippen LogP contribution is -2.09. The summed E-state index contributed by atoms with van der Waals surface area (Å²) in [5.74, 6) is 0.171. The topological polar surface area (TPSA) is 111 Å². The van der Waals surface area contributed by atoms with E-state index in [1.807, 2.05) is 0 Å². The van der Waals surface area contributed by atoms with E-state index < -0.39 is 12.3 Å². The second-order valence-electron chi connectivity index (χ2n) is 4.05. The predicted molar refractivity (Wildman–Crippen MR) is 71.7 cm³/mol. The highest BCUT2D eigenvalue weighted by Gasteiger charge is 2.16. The van der Waals surface area contributed by atoms with E-state index in [1.165, 1.54) is 26.4 Å². The fraction of sp³-hybridized carbons (Fsp3) is 0.462. The summed E-state index contributed by atoms with van der Waals surface area (Å²) in [6.45, 7) is 0.269. The van der Waals surface area contributed by atoms with E-state index in [1.54, 1.807) is 0 Å². The van der Waals surface area contributed by atoms with Gasteiger partial charge in [0.25, 0.3) is 0 Å². The van der Waals surface area contributed by atoms with Crippen LogP contribution >= 0.6 is 0 Å². The Labute approximate surface area is 116 Å². The van der Waals surface area contributed by atoms with E-state index in [0.717, 1.165) is 0 Å². The maximum atomic E-state index is 11.5. The highest BCUT2D eigenvalue weighted by molar-refractivity contribution is 5.96. The number of nitrogens with two attached hydrogens (primary N) is 1. The van der Waals surface area contributed by atoms with E-state index in [0.29, 0.717) is 17.9 Å². The number of rotatable bonds is 7. The van der Waals surface area contributed by atoms with Crippen LogP contribution in [-0.4, -0.2) is 43.3 Å². The second kappa shape index (κ2) is 7.56. The van der Waals surface area contributed by atoms with Gasteiger partial charge >= 0.3 is 5.97 Å². The minimum absolute atomic E-state index is 0.197. The van der Waals surface area contributed by atoms with Crippen molar-refractivity contribution in [2.75, 3.05) is 26.6 Å². The Morgan fingerprint density at radius 3 is 2.55 bits per heavy atom. The summed E-state index contributed by atoms with van der Waals surface area (Å²) in [4.78, 5) is 11.5. The van der Waals surface area contributed by atoms with Gasteiger partial charge in [0.05, 0.1) is 32.1 Å². The van der Waals surface area contributed by atoms with Crippen molar-refractivity contribution < 1.29 is 29.2 Å². The lowest BCUT2D eigenvalue weighted by atomic mass is 10.1. The molecule has 0 aromatic heterocycles. The van der Waals surface area contributed by atoms with Crippen molar-refractivity contribution in [2.24, 2.45) is 0 Å². The number of benzene rings is 1. The quantitative estimate of drug-likeness (QED) is 0.290. The molecule has 20 heavy (non-hydrogen) atoms. The fourth-order valence-corrected chi connectivity index (χ4v) is 1.58. The molecule has 0 radical (unpaired) electrons. The largest absolute Gasteiger partial charge is 0.493 e. The monoisotopic (exact) mass is 285 g/mol. The molecule has 0 unspecified atom stereocenters. The second-order valence-corrected chi connectivity index (χ2v) is 4.05. The number of aliphatic hydroxyl groups excluding tert-OH is 1. The molecule has 7 nitrogen and oxygen atoms in total. The maximum absolute atomic E-state index is 11.5. The lowest BCUT2D eigenvalue weighted by molar-refractivity contribution is -0.0480. The van der Waals surface area contributed by atoms with E-state index in [9.17, 15) is 4.79 Å². The van der Waals surface area contributed by atoms with Crippen LogP contribution < -0.4 is 15.2 Å². The molecule has 0 heterocycles. The molecule has 0 aliphatic rings. The molecule has 0 atom stereocenters. The molecule has 0 bridgehead atoms. The minimum atomic E-state index is -1.35. The molecule has 0 amide bonds. The van der Waals surface area contributed by atoms with Crippen molar-refractivity contribution >= 4 is 11.7 Å². The van der Waals surface area contributed by atoms with Gasteiger partial charge in [-0.1, -0.05) is 0 Å². The SMILES string of the molecule is COC(=O)c1cc(OC)c(OCCCC(O)O)cc1N. The van der Waals surface area contributed by atoms with Gasteiger partial charge in [-0.3, -0.25) is 0 Å². The zero-order valence-corrected chi connectivity index (χ0v) is 11.5. The molecule has 7 heteroatoms. The van der Waals surface area contributed by atoms with Crippen LogP contribution in [0.25, 0.3) is 0 Å². The van der Waals surface area contributed by atoms with Crippen LogP contribution in [0.4, 0.5) is 5.69 Å².